The largest absolute Gasteiger partial charge is 0.477 e. The summed E-state index contributed by atoms with van der Waals surface area (Å²) in [4.78, 5) is 11.2. The van der Waals surface area contributed by atoms with Gasteiger partial charge >= 0.3 is 5.97 Å². The van der Waals surface area contributed by atoms with Gasteiger partial charge in [-0.3, -0.25) is 4.79 Å². The zero-order chi connectivity index (χ0) is 12.0. The van der Waals surface area contributed by atoms with E-state index in [1.165, 1.54) is 0 Å². The summed E-state index contributed by atoms with van der Waals surface area (Å²) in [5, 5.41) is 0. The van der Waals surface area contributed by atoms with Crippen LogP contribution in [0.2, 0.25) is 0 Å². The van der Waals surface area contributed by atoms with Gasteiger partial charge in [0.2, 0.25) is 0 Å². The molecular weight excluding hydrogens is 206 g/mol. The van der Waals surface area contributed by atoms with Crippen molar-refractivity contribution in [2.75, 3.05) is 12.3 Å². The Bertz CT molecular complexity index is 421. The summed E-state index contributed by atoms with van der Waals surface area (Å²) in [5.41, 5.74) is 6.03. The van der Waals surface area contributed by atoms with E-state index in [2.05, 4.69) is 5.92 Å². The Kier molecular flexibility index (Phi) is 4.22. The zero-order valence-corrected chi connectivity index (χ0v) is 9.03. The fourth-order valence-electron chi connectivity index (χ4n) is 1.06. The van der Waals surface area contributed by atoms with Crippen LogP contribution in [-0.2, 0) is 4.79 Å². The van der Waals surface area contributed by atoms with Gasteiger partial charge in [-0.2, -0.15) is 0 Å². The van der Waals surface area contributed by atoms with Crippen LogP contribution in [0.1, 0.15) is 13.3 Å². The van der Waals surface area contributed by atoms with Crippen LogP contribution in [0.25, 0.3) is 0 Å². The second kappa shape index (κ2) is 5.66. The van der Waals surface area contributed by atoms with Gasteiger partial charge < -0.3 is 15.2 Å². The Labute approximate surface area is 94.3 Å². The number of ether oxygens (including phenoxy) is 2. The highest BCUT2D eigenvalue weighted by atomic mass is 16.6. The van der Waals surface area contributed by atoms with Crippen LogP contribution in [0.5, 0.6) is 11.5 Å². The van der Waals surface area contributed by atoms with Gasteiger partial charge in [-0.15, -0.1) is 6.42 Å². The smallest absolute Gasteiger partial charge is 0.311 e. The lowest BCUT2D eigenvalue weighted by molar-refractivity contribution is -0.134. The van der Waals surface area contributed by atoms with Crippen molar-refractivity contribution < 1.29 is 14.3 Å². The molecule has 0 bridgehead atoms. The fraction of sp³-hybridized carbons (Fsp3) is 0.250. The number of benzene rings is 1. The summed E-state index contributed by atoms with van der Waals surface area (Å²) >= 11 is 0. The molecule has 0 aliphatic rings. The molecule has 0 spiro atoms. The monoisotopic (exact) mass is 219 g/mol. The van der Waals surface area contributed by atoms with Crippen molar-refractivity contribution in [3.8, 4) is 23.8 Å². The van der Waals surface area contributed by atoms with Gasteiger partial charge in [0.25, 0.3) is 0 Å². The first kappa shape index (κ1) is 11.9. The highest BCUT2D eigenvalue weighted by Gasteiger charge is 2.12. The Morgan fingerprint density at radius 2 is 2.31 bits per heavy atom. The third kappa shape index (κ3) is 2.92. The number of para-hydroxylation sites is 1. The minimum absolute atomic E-state index is 0.0974. The van der Waals surface area contributed by atoms with E-state index in [1.807, 2.05) is 0 Å². The van der Waals surface area contributed by atoms with Crippen LogP contribution >= 0.6 is 0 Å². The second-order valence-electron chi connectivity index (χ2n) is 2.99. The van der Waals surface area contributed by atoms with Crippen molar-refractivity contribution >= 4 is 11.7 Å². The standard InChI is InChI=1S/C12H13NO3/c1-3-8-15-10-7-5-6-9(13)12(10)16-11(14)4-2/h1,5-7H,4,8,13H2,2H3. The maximum absolute atomic E-state index is 11.2. The zero-order valence-electron chi connectivity index (χ0n) is 9.03. The fourth-order valence-corrected chi connectivity index (χ4v) is 1.06. The second-order valence-corrected chi connectivity index (χ2v) is 2.99. The molecule has 16 heavy (non-hydrogen) atoms. The lowest BCUT2D eigenvalue weighted by Crippen LogP contribution is -2.09. The summed E-state index contributed by atoms with van der Waals surface area (Å²) in [6.07, 6.45) is 5.34. The van der Waals surface area contributed by atoms with Crippen molar-refractivity contribution in [2.45, 2.75) is 13.3 Å². The van der Waals surface area contributed by atoms with Gasteiger partial charge in [0.1, 0.15) is 6.61 Å². The summed E-state index contributed by atoms with van der Waals surface area (Å²) in [6.45, 7) is 1.80. The first-order valence-electron chi connectivity index (χ1n) is 4.84. The Morgan fingerprint density at radius 3 is 2.94 bits per heavy atom. The summed E-state index contributed by atoms with van der Waals surface area (Å²) < 4.78 is 10.3. The van der Waals surface area contributed by atoms with Gasteiger partial charge in [-0.25, -0.2) is 0 Å². The molecule has 0 saturated carbocycles. The first-order chi connectivity index (χ1) is 7.69. The minimum Gasteiger partial charge on any atom is -0.477 e. The maximum Gasteiger partial charge on any atom is 0.311 e. The first-order valence-corrected chi connectivity index (χ1v) is 4.84. The molecule has 0 aromatic heterocycles. The van der Waals surface area contributed by atoms with Crippen molar-refractivity contribution in [2.24, 2.45) is 0 Å². The molecule has 0 radical (unpaired) electrons. The van der Waals surface area contributed by atoms with Crippen LogP contribution in [0.4, 0.5) is 5.69 Å². The van der Waals surface area contributed by atoms with E-state index in [0.29, 0.717) is 11.4 Å². The molecule has 2 N–H and O–H groups in total. The lowest BCUT2D eigenvalue weighted by Gasteiger charge is -2.11. The van der Waals surface area contributed by atoms with Crippen molar-refractivity contribution in [3.05, 3.63) is 18.2 Å². The number of nitrogen functional groups attached to an aromatic ring is 1. The van der Waals surface area contributed by atoms with Gasteiger partial charge in [-0.1, -0.05) is 18.9 Å². The Balaban J connectivity index is 2.94. The number of terminal acetylenes is 1. The highest BCUT2D eigenvalue weighted by Crippen LogP contribution is 2.33. The molecule has 0 heterocycles. The predicted molar refractivity (Wildman–Crippen MR) is 61.1 cm³/mol. The average molecular weight is 219 g/mol. The molecule has 1 aromatic rings. The molecular formula is C12H13NO3. The molecule has 84 valence electrons. The third-order valence-corrected chi connectivity index (χ3v) is 1.82. The van der Waals surface area contributed by atoms with E-state index in [-0.39, 0.29) is 24.7 Å². The molecule has 0 amide bonds. The molecule has 0 aliphatic carbocycles. The molecule has 0 fully saturated rings. The summed E-state index contributed by atoms with van der Waals surface area (Å²) in [5.74, 6) is 2.56. The number of esters is 1. The van der Waals surface area contributed by atoms with Crippen LogP contribution in [0.15, 0.2) is 18.2 Å². The Morgan fingerprint density at radius 1 is 1.56 bits per heavy atom. The normalized spacial score (nSPS) is 9.25. The van der Waals surface area contributed by atoms with Crippen molar-refractivity contribution in [3.63, 3.8) is 0 Å². The molecule has 0 atom stereocenters. The predicted octanol–water partition coefficient (Wildman–Crippen LogP) is 1.60. The Hall–Kier alpha value is -2.15. The van der Waals surface area contributed by atoms with Crippen LogP contribution < -0.4 is 15.2 Å². The third-order valence-electron chi connectivity index (χ3n) is 1.82. The van der Waals surface area contributed by atoms with Crippen LogP contribution in [0.3, 0.4) is 0 Å². The number of hydrogen-bond donors (Lipinski definition) is 1. The average Bonchev–Trinajstić information content (AvgIpc) is 2.29. The van der Waals surface area contributed by atoms with Crippen LogP contribution in [0, 0.1) is 12.3 Å². The van der Waals surface area contributed by atoms with Gasteiger partial charge in [0.15, 0.2) is 11.5 Å². The van der Waals surface area contributed by atoms with Gasteiger partial charge in [0.05, 0.1) is 5.69 Å². The van der Waals surface area contributed by atoms with Gasteiger partial charge in [-0.05, 0) is 12.1 Å². The SMILES string of the molecule is C#CCOc1cccc(N)c1OC(=O)CC. The number of nitrogens with two attached hydrogens (primary N) is 1. The summed E-state index contributed by atoms with van der Waals surface area (Å²) in [7, 11) is 0. The molecule has 0 aliphatic heterocycles. The molecule has 1 aromatic carbocycles. The van der Waals surface area contributed by atoms with Crippen molar-refractivity contribution in [1.29, 1.82) is 0 Å². The quantitative estimate of drug-likeness (QED) is 0.361. The van der Waals surface area contributed by atoms with E-state index >= 15 is 0 Å². The van der Waals surface area contributed by atoms with E-state index < -0.39 is 0 Å². The van der Waals surface area contributed by atoms with Crippen LogP contribution in [-0.4, -0.2) is 12.6 Å². The molecule has 1 rings (SSSR count). The topological polar surface area (TPSA) is 61.6 Å². The molecule has 4 heteroatoms. The highest BCUT2D eigenvalue weighted by molar-refractivity contribution is 5.76. The number of hydrogen-bond acceptors (Lipinski definition) is 4. The lowest BCUT2D eigenvalue weighted by atomic mass is 10.2. The van der Waals surface area contributed by atoms with Crippen molar-refractivity contribution in [1.82, 2.24) is 0 Å². The number of rotatable bonds is 4. The maximum atomic E-state index is 11.2. The molecule has 4 nitrogen and oxygen atoms in total. The summed E-state index contributed by atoms with van der Waals surface area (Å²) in [6, 6.07) is 4.97. The van der Waals surface area contributed by atoms with E-state index in [1.54, 1.807) is 25.1 Å². The van der Waals surface area contributed by atoms with E-state index in [9.17, 15) is 4.79 Å². The number of anilines is 1. The minimum atomic E-state index is -0.372. The number of carbonyl (C=O) groups excluding carboxylic acids is 1. The number of carbonyl (C=O) groups is 1. The van der Waals surface area contributed by atoms with E-state index in [4.69, 9.17) is 21.6 Å². The molecule has 0 saturated heterocycles. The van der Waals surface area contributed by atoms with Gasteiger partial charge in [0, 0.05) is 6.42 Å². The van der Waals surface area contributed by atoms with E-state index in [0.717, 1.165) is 0 Å². The molecule has 0 unspecified atom stereocenters.